The topological polar surface area (TPSA) is 90.8 Å². The quantitative estimate of drug-likeness (QED) is 0.388. The highest BCUT2D eigenvalue weighted by molar-refractivity contribution is 6.01. The lowest BCUT2D eigenvalue weighted by Crippen LogP contribution is -2.22. The molecule has 0 bridgehead atoms. The molecule has 0 aliphatic rings. The predicted molar refractivity (Wildman–Crippen MR) is 121 cm³/mol. The van der Waals surface area contributed by atoms with Gasteiger partial charge < -0.3 is 20.6 Å². The number of H-pyrrole nitrogens is 2. The predicted octanol–water partition coefficient (Wildman–Crippen LogP) is 4.66. The van der Waals surface area contributed by atoms with Crippen molar-refractivity contribution in [3.63, 3.8) is 0 Å². The van der Waals surface area contributed by atoms with Gasteiger partial charge in [-0.05, 0) is 46.8 Å². The number of nitrogen functional groups attached to an aromatic ring is 1. The summed E-state index contributed by atoms with van der Waals surface area (Å²) in [5.74, 6) is -0.120. The molecule has 5 rings (SSSR count). The van der Waals surface area contributed by atoms with Crippen LogP contribution >= 0.6 is 0 Å². The molecule has 0 fully saturated rings. The van der Waals surface area contributed by atoms with Crippen molar-refractivity contribution in [3.05, 3.63) is 72.7 Å². The van der Waals surface area contributed by atoms with Gasteiger partial charge in [-0.1, -0.05) is 18.2 Å². The Labute approximate surface area is 173 Å². The Bertz CT molecular complexity index is 1410. The van der Waals surface area contributed by atoms with Crippen LogP contribution in [0.4, 0.5) is 5.69 Å². The Morgan fingerprint density at radius 2 is 1.80 bits per heavy atom. The van der Waals surface area contributed by atoms with Crippen LogP contribution in [0.5, 0.6) is 0 Å². The summed E-state index contributed by atoms with van der Waals surface area (Å²) in [5.41, 5.74) is 12.9. The largest absolute Gasteiger partial charge is 0.398 e. The highest BCUT2D eigenvalue weighted by atomic mass is 16.2. The molecule has 1 amide bonds. The van der Waals surface area contributed by atoms with Crippen LogP contribution in [0.15, 0.2) is 67.1 Å². The van der Waals surface area contributed by atoms with Crippen LogP contribution in [0.3, 0.4) is 0 Å². The number of benzene rings is 2. The molecular weight excluding hydrogens is 374 g/mol. The number of fused-ring (bicyclic) bond motifs is 2. The molecule has 0 aliphatic carbocycles. The van der Waals surface area contributed by atoms with Crippen molar-refractivity contribution in [3.8, 4) is 22.3 Å². The number of carbonyl (C=O) groups excluding carboxylic acids is 1. The second-order valence-corrected chi connectivity index (χ2v) is 7.60. The van der Waals surface area contributed by atoms with Crippen LogP contribution in [0.2, 0.25) is 0 Å². The van der Waals surface area contributed by atoms with E-state index in [9.17, 15) is 4.79 Å². The molecule has 5 aromatic rings. The lowest BCUT2D eigenvalue weighted by atomic mass is 9.99. The minimum Gasteiger partial charge on any atom is -0.398 e. The first-order chi connectivity index (χ1) is 14.5. The molecule has 6 heteroatoms. The van der Waals surface area contributed by atoms with Gasteiger partial charge in [0.15, 0.2) is 0 Å². The average molecular weight is 395 g/mol. The van der Waals surface area contributed by atoms with E-state index in [1.807, 2.05) is 30.7 Å². The molecular formula is C24H21N5O. The molecule has 0 saturated heterocycles. The first-order valence-electron chi connectivity index (χ1n) is 9.67. The van der Waals surface area contributed by atoms with Crippen molar-refractivity contribution in [2.24, 2.45) is 0 Å². The van der Waals surface area contributed by atoms with Gasteiger partial charge in [-0.25, -0.2) is 4.98 Å². The number of aromatic nitrogens is 3. The first kappa shape index (κ1) is 18.0. The fourth-order valence-corrected chi connectivity index (χ4v) is 3.78. The van der Waals surface area contributed by atoms with Crippen LogP contribution < -0.4 is 5.73 Å². The third kappa shape index (κ3) is 2.90. The number of pyridine rings is 1. The van der Waals surface area contributed by atoms with E-state index in [1.165, 1.54) is 10.3 Å². The van der Waals surface area contributed by atoms with Crippen molar-refractivity contribution >= 4 is 33.5 Å². The average Bonchev–Trinajstić information content (AvgIpc) is 3.39. The lowest BCUT2D eigenvalue weighted by molar-refractivity contribution is 0.0828. The Morgan fingerprint density at radius 3 is 2.63 bits per heavy atom. The monoisotopic (exact) mass is 395 g/mol. The Kier molecular flexibility index (Phi) is 4.06. The molecule has 6 nitrogen and oxygen atoms in total. The molecule has 3 heterocycles. The van der Waals surface area contributed by atoms with Gasteiger partial charge in [0.1, 0.15) is 5.65 Å². The van der Waals surface area contributed by atoms with E-state index in [4.69, 9.17) is 5.73 Å². The maximum atomic E-state index is 12.5. The molecule has 0 spiro atoms. The minimum absolute atomic E-state index is 0.120. The van der Waals surface area contributed by atoms with Crippen molar-refractivity contribution < 1.29 is 4.79 Å². The summed E-state index contributed by atoms with van der Waals surface area (Å²) in [6.45, 7) is 0. The van der Waals surface area contributed by atoms with E-state index in [1.54, 1.807) is 20.2 Å². The number of amides is 1. The van der Waals surface area contributed by atoms with Crippen LogP contribution in [-0.4, -0.2) is 39.9 Å². The summed E-state index contributed by atoms with van der Waals surface area (Å²) in [6, 6.07) is 16.0. The number of aromatic amines is 2. The van der Waals surface area contributed by atoms with E-state index in [0.29, 0.717) is 11.3 Å². The first-order valence-corrected chi connectivity index (χ1v) is 9.67. The molecule has 3 aromatic heterocycles. The normalized spacial score (nSPS) is 11.3. The molecule has 0 aliphatic heterocycles. The number of hydrogen-bond acceptors (Lipinski definition) is 3. The van der Waals surface area contributed by atoms with Gasteiger partial charge in [0.25, 0.3) is 5.91 Å². The van der Waals surface area contributed by atoms with E-state index in [0.717, 1.165) is 38.8 Å². The van der Waals surface area contributed by atoms with E-state index < -0.39 is 0 Å². The second-order valence-electron chi connectivity index (χ2n) is 7.60. The minimum atomic E-state index is -0.120. The maximum Gasteiger partial charge on any atom is 0.255 e. The number of nitrogens with zero attached hydrogens (tertiary/aromatic N) is 2. The molecule has 2 aromatic carbocycles. The van der Waals surface area contributed by atoms with Crippen molar-refractivity contribution in [2.45, 2.75) is 0 Å². The summed E-state index contributed by atoms with van der Waals surface area (Å²) < 4.78 is 0. The van der Waals surface area contributed by atoms with Crippen LogP contribution in [-0.2, 0) is 0 Å². The van der Waals surface area contributed by atoms with Gasteiger partial charge in [0.05, 0.1) is 5.56 Å². The third-order valence-corrected chi connectivity index (χ3v) is 5.42. The van der Waals surface area contributed by atoms with Crippen molar-refractivity contribution in [1.29, 1.82) is 0 Å². The highest BCUT2D eigenvalue weighted by Crippen LogP contribution is 2.33. The van der Waals surface area contributed by atoms with Gasteiger partial charge in [-0.3, -0.25) is 4.79 Å². The number of anilines is 1. The van der Waals surface area contributed by atoms with Crippen LogP contribution in [0, 0.1) is 0 Å². The highest BCUT2D eigenvalue weighted by Gasteiger charge is 2.15. The Hall–Kier alpha value is -4.06. The molecule has 30 heavy (non-hydrogen) atoms. The zero-order chi connectivity index (χ0) is 20.8. The fourth-order valence-electron chi connectivity index (χ4n) is 3.78. The number of nitrogens with one attached hydrogen (secondary N) is 2. The zero-order valence-corrected chi connectivity index (χ0v) is 16.7. The number of rotatable bonds is 3. The number of hydrogen-bond donors (Lipinski definition) is 3. The van der Waals surface area contributed by atoms with Gasteiger partial charge in [0, 0.05) is 60.4 Å². The van der Waals surface area contributed by atoms with Gasteiger partial charge in [-0.2, -0.15) is 0 Å². The molecule has 0 unspecified atom stereocenters. The van der Waals surface area contributed by atoms with E-state index in [-0.39, 0.29) is 5.91 Å². The summed E-state index contributed by atoms with van der Waals surface area (Å²) >= 11 is 0. The Morgan fingerprint density at radius 1 is 0.967 bits per heavy atom. The molecule has 148 valence electrons. The molecule has 4 N–H and O–H groups in total. The van der Waals surface area contributed by atoms with Gasteiger partial charge >= 0.3 is 0 Å². The van der Waals surface area contributed by atoms with Gasteiger partial charge in [-0.15, -0.1) is 0 Å². The second kappa shape index (κ2) is 6.77. The van der Waals surface area contributed by atoms with E-state index in [2.05, 4.69) is 45.3 Å². The van der Waals surface area contributed by atoms with Gasteiger partial charge in [0.2, 0.25) is 0 Å². The SMILES string of the molecule is CN(C)C(=O)c1cc(-c2cnc3[nH]cc(-c4ccc5cc[nH]c5c4)c3c2)ccc1N. The van der Waals surface area contributed by atoms with Crippen LogP contribution in [0.25, 0.3) is 44.2 Å². The number of nitrogens with two attached hydrogens (primary N) is 1. The molecule has 0 saturated carbocycles. The fraction of sp³-hybridized carbons (Fsp3) is 0.0833. The zero-order valence-electron chi connectivity index (χ0n) is 16.7. The molecule has 0 radical (unpaired) electrons. The van der Waals surface area contributed by atoms with Crippen molar-refractivity contribution in [1.82, 2.24) is 19.9 Å². The lowest BCUT2D eigenvalue weighted by Gasteiger charge is -2.13. The standard InChI is InChI=1S/C24H21N5O/c1-29(2)24(30)19-9-15(5-6-21(19)25)17-10-18-20(13-28-23(18)27-12-17)16-4-3-14-7-8-26-22(14)11-16/h3-13,26H,25H2,1-2H3,(H,27,28). The maximum absolute atomic E-state index is 12.5. The summed E-state index contributed by atoms with van der Waals surface area (Å²) in [5, 5.41) is 2.20. The van der Waals surface area contributed by atoms with Crippen LogP contribution in [0.1, 0.15) is 10.4 Å². The molecule has 0 atom stereocenters. The number of carbonyl (C=O) groups is 1. The summed E-state index contributed by atoms with van der Waals surface area (Å²) in [4.78, 5) is 25.1. The van der Waals surface area contributed by atoms with Crippen molar-refractivity contribution in [2.75, 3.05) is 19.8 Å². The summed E-state index contributed by atoms with van der Waals surface area (Å²) in [6.07, 6.45) is 5.73. The Balaban J connectivity index is 1.63. The summed E-state index contributed by atoms with van der Waals surface area (Å²) in [7, 11) is 3.43. The third-order valence-electron chi connectivity index (χ3n) is 5.42. The van der Waals surface area contributed by atoms with E-state index >= 15 is 0 Å². The smallest absolute Gasteiger partial charge is 0.255 e.